The highest BCUT2D eigenvalue weighted by molar-refractivity contribution is 7.91. The van der Waals surface area contributed by atoms with Crippen molar-refractivity contribution in [3.8, 4) is 0 Å². The van der Waals surface area contributed by atoms with Crippen LogP contribution in [-0.2, 0) is 9.84 Å². The number of β-amino-alcohol motifs (C(OH)–C–C–N with tert-alkyl or cyclic N) is 1. The fraction of sp³-hybridized carbons (Fsp3) is 0.533. The number of nitrogens with zero attached hydrogens (tertiary/aromatic N) is 2. The van der Waals surface area contributed by atoms with Gasteiger partial charge in [0.15, 0.2) is 15.8 Å². The first-order valence-electron chi connectivity index (χ1n) is 7.52. The Hall–Kier alpha value is -1.60. The van der Waals surface area contributed by atoms with Gasteiger partial charge in [-0.2, -0.15) is 0 Å². The number of rotatable bonds is 5. The summed E-state index contributed by atoms with van der Waals surface area (Å²) in [5.74, 6) is 0.643. The molecule has 122 valence electrons. The molecule has 1 aliphatic rings. The van der Waals surface area contributed by atoms with Crippen molar-refractivity contribution in [1.82, 2.24) is 10.2 Å². The van der Waals surface area contributed by atoms with Crippen molar-refractivity contribution in [2.75, 3.05) is 31.9 Å². The SMILES string of the molecule is CCNC(=NCCS(=O)(=O)c1ccccc1)N1CC[C@@H](O)C1. The Bertz CT molecular complexity index is 602. The number of likely N-dealkylation sites (tertiary alicyclic amines) is 1. The van der Waals surface area contributed by atoms with Crippen molar-refractivity contribution in [1.29, 1.82) is 0 Å². The van der Waals surface area contributed by atoms with Crippen molar-refractivity contribution in [3.05, 3.63) is 30.3 Å². The molecule has 2 N–H and O–H groups in total. The van der Waals surface area contributed by atoms with E-state index in [1.807, 2.05) is 11.8 Å². The minimum absolute atomic E-state index is 0.0255. The quantitative estimate of drug-likeness (QED) is 0.608. The number of benzene rings is 1. The van der Waals surface area contributed by atoms with Gasteiger partial charge in [0.2, 0.25) is 0 Å². The number of aliphatic hydroxyl groups excluding tert-OH is 1. The summed E-state index contributed by atoms with van der Waals surface area (Å²) in [6.45, 7) is 4.14. The van der Waals surface area contributed by atoms with Gasteiger partial charge in [0.25, 0.3) is 0 Å². The van der Waals surface area contributed by atoms with Crippen molar-refractivity contribution in [2.24, 2.45) is 4.99 Å². The summed E-state index contributed by atoms with van der Waals surface area (Å²) < 4.78 is 24.4. The van der Waals surface area contributed by atoms with Gasteiger partial charge in [-0.15, -0.1) is 0 Å². The largest absolute Gasteiger partial charge is 0.391 e. The predicted molar refractivity (Wildman–Crippen MR) is 86.7 cm³/mol. The van der Waals surface area contributed by atoms with Gasteiger partial charge in [0, 0.05) is 19.6 Å². The molecule has 1 saturated heterocycles. The molecule has 1 fully saturated rings. The molecule has 0 saturated carbocycles. The van der Waals surface area contributed by atoms with E-state index in [4.69, 9.17) is 0 Å². The number of aliphatic hydroxyl groups is 1. The van der Waals surface area contributed by atoms with Crippen LogP contribution >= 0.6 is 0 Å². The standard InChI is InChI=1S/C15H23N3O3S/c1-2-16-15(18-10-8-13(19)12-18)17-9-11-22(20,21)14-6-4-3-5-7-14/h3-7,13,19H,2,8-12H2,1H3,(H,16,17)/t13-/m1/s1. The van der Waals surface area contributed by atoms with E-state index in [9.17, 15) is 13.5 Å². The van der Waals surface area contributed by atoms with Crippen LogP contribution in [0, 0.1) is 0 Å². The number of aliphatic imine (C=N–C) groups is 1. The lowest BCUT2D eigenvalue weighted by Crippen LogP contribution is -2.40. The lowest BCUT2D eigenvalue weighted by atomic mass is 10.3. The minimum Gasteiger partial charge on any atom is -0.391 e. The topological polar surface area (TPSA) is 82.0 Å². The van der Waals surface area contributed by atoms with Gasteiger partial charge < -0.3 is 15.3 Å². The summed E-state index contributed by atoms with van der Waals surface area (Å²) >= 11 is 0. The molecule has 0 radical (unpaired) electrons. The smallest absolute Gasteiger partial charge is 0.194 e. The number of nitrogens with one attached hydrogen (secondary N) is 1. The fourth-order valence-corrected chi connectivity index (χ4v) is 3.52. The van der Waals surface area contributed by atoms with Crippen molar-refractivity contribution in [3.63, 3.8) is 0 Å². The molecule has 0 unspecified atom stereocenters. The van der Waals surface area contributed by atoms with E-state index in [1.165, 1.54) is 0 Å². The third kappa shape index (κ3) is 4.45. The van der Waals surface area contributed by atoms with Crippen LogP contribution < -0.4 is 5.32 Å². The van der Waals surface area contributed by atoms with Gasteiger partial charge in [-0.1, -0.05) is 18.2 Å². The third-order valence-electron chi connectivity index (χ3n) is 3.52. The van der Waals surface area contributed by atoms with Crippen LogP contribution in [-0.4, -0.2) is 62.4 Å². The van der Waals surface area contributed by atoms with Gasteiger partial charge >= 0.3 is 0 Å². The maximum Gasteiger partial charge on any atom is 0.194 e. The maximum absolute atomic E-state index is 12.2. The normalized spacial score (nSPS) is 19.5. The van der Waals surface area contributed by atoms with E-state index in [0.29, 0.717) is 30.4 Å². The van der Waals surface area contributed by atoms with Crippen LogP contribution in [0.15, 0.2) is 40.2 Å². The molecule has 1 aromatic rings. The Labute approximate surface area is 131 Å². The Balaban J connectivity index is 1.99. The molecule has 0 bridgehead atoms. The molecule has 1 aliphatic heterocycles. The summed E-state index contributed by atoms with van der Waals surface area (Å²) in [7, 11) is -3.31. The molecule has 0 aliphatic carbocycles. The van der Waals surface area contributed by atoms with Crippen LogP contribution in [0.4, 0.5) is 0 Å². The van der Waals surface area contributed by atoms with E-state index in [-0.39, 0.29) is 18.4 Å². The van der Waals surface area contributed by atoms with Crippen LogP contribution in [0.3, 0.4) is 0 Å². The highest BCUT2D eigenvalue weighted by atomic mass is 32.2. The van der Waals surface area contributed by atoms with E-state index in [1.54, 1.807) is 30.3 Å². The lowest BCUT2D eigenvalue weighted by molar-refractivity contribution is 0.188. The highest BCUT2D eigenvalue weighted by Crippen LogP contribution is 2.11. The minimum atomic E-state index is -3.31. The average molecular weight is 325 g/mol. The number of hydrogen-bond acceptors (Lipinski definition) is 4. The molecule has 0 amide bonds. The first-order chi connectivity index (χ1) is 10.5. The summed E-state index contributed by atoms with van der Waals surface area (Å²) in [4.78, 5) is 6.67. The van der Waals surface area contributed by atoms with Crippen LogP contribution in [0.1, 0.15) is 13.3 Å². The zero-order valence-corrected chi connectivity index (χ0v) is 13.6. The first kappa shape index (κ1) is 16.8. The number of hydrogen-bond donors (Lipinski definition) is 2. The molecule has 22 heavy (non-hydrogen) atoms. The molecular weight excluding hydrogens is 302 g/mol. The molecule has 0 aromatic heterocycles. The second-order valence-corrected chi connectivity index (χ2v) is 7.37. The van der Waals surface area contributed by atoms with E-state index in [2.05, 4.69) is 10.3 Å². The molecule has 0 spiro atoms. The summed E-state index contributed by atoms with van der Waals surface area (Å²) in [6.07, 6.45) is 0.379. The molecule has 1 atom stereocenters. The van der Waals surface area contributed by atoms with Gasteiger partial charge in [-0.05, 0) is 25.5 Å². The van der Waals surface area contributed by atoms with Crippen molar-refractivity contribution in [2.45, 2.75) is 24.3 Å². The zero-order valence-electron chi connectivity index (χ0n) is 12.8. The third-order valence-corrected chi connectivity index (χ3v) is 5.23. The molecule has 2 rings (SSSR count). The zero-order chi connectivity index (χ0) is 16.0. The second kappa shape index (κ2) is 7.60. The van der Waals surface area contributed by atoms with Gasteiger partial charge in [0.05, 0.1) is 23.3 Å². The summed E-state index contributed by atoms with van der Waals surface area (Å²) in [5.41, 5.74) is 0. The predicted octanol–water partition coefficient (Wildman–Crippen LogP) is 0.492. The van der Waals surface area contributed by atoms with E-state index < -0.39 is 9.84 Å². The molecule has 1 aromatic carbocycles. The molecule has 1 heterocycles. The Kier molecular flexibility index (Phi) is 5.79. The monoisotopic (exact) mass is 325 g/mol. The van der Waals surface area contributed by atoms with E-state index >= 15 is 0 Å². The van der Waals surface area contributed by atoms with Gasteiger partial charge in [0.1, 0.15) is 0 Å². The van der Waals surface area contributed by atoms with Crippen LogP contribution in [0.25, 0.3) is 0 Å². The number of sulfone groups is 1. The highest BCUT2D eigenvalue weighted by Gasteiger charge is 2.23. The Morgan fingerprint density at radius 1 is 1.41 bits per heavy atom. The molecule has 7 heteroatoms. The Morgan fingerprint density at radius 2 is 2.14 bits per heavy atom. The van der Waals surface area contributed by atoms with Crippen LogP contribution in [0.2, 0.25) is 0 Å². The molecular formula is C15H23N3O3S. The van der Waals surface area contributed by atoms with Crippen molar-refractivity contribution < 1.29 is 13.5 Å². The van der Waals surface area contributed by atoms with Gasteiger partial charge in [-0.25, -0.2) is 8.42 Å². The van der Waals surface area contributed by atoms with E-state index in [0.717, 1.165) is 6.54 Å². The summed E-state index contributed by atoms with van der Waals surface area (Å²) in [5, 5.41) is 12.7. The van der Waals surface area contributed by atoms with Gasteiger partial charge in [-0.3, -0.25) is 4.99 Å². The fourth-order valence-electron chi connectivity index (χ4n) is 2.38. The van der Waals surface area contributed by atoms with Crippen LogP contribution in [0.5, 0.6) is 0 Å². The second-order valence-electron chi connectivity index (χ2n) is 5.26. The maximum atomic E-state index is 12.2. The number of guanidine groups is 1. The lowest BCUT2D eigenvalue weighted by Gasteiger charge is -2.20. The molecule has 6 nitrogen and oxygen atoms in total. The Morgan fingerprint density at radius 3 is 2.73 bits per heavy atom. The van der Waals surface area contributed by atoms with Crippen molar-refractivity contribution >= 4 is 15.8 Å². The average Bonchev–Trinajstić information content (AvgIpc) is 2.94. The summed E-state index contributed by atoms with van der Waals surface area (Å²) in [6, 6.07) is 8.42. The first-order valence-corrected chi connectivity index (χ1v) is 9.17.